The average Bonchev–Trinajstić information content (AvgIpc) is 3.36. The topological polar surface area (TPSA) is 79.5 Å². The van der Waals surface area contributed by atoms with E-state index in [9.17, 15) is 8.42 Å². The lowest BCUT2D eigenvalue weighted by Crippen LogP contribution is -2.48. The normalized spacial score (nSPS) is 15.7. The van der Waals surface area contributed by atoms with Crippen molar-refractivity contribution in [1.82, 2.24) is 14.4 Å². The van der Waals surface area contributed by atoms with Gasteiger partial charge in [-0.3, -0.25) is 0 Å². The van der Waals surface area contributed by atoms with Gasteiger partial charge in [0, 0.05) is 48.2 Å². The Morgan fingerprint density at radius 2 is 1.90 bits per heavy atom. The highest BCUT2D eigenvalue weighted by Gasteiger charge is 2.32. The van der Waals surface area contributed by atoms with Crippen LogP contribution in [0.2, 0.25) is 5.02 Å². The molecule has 0 saturated carbocycles. The highest BCUT2D eigenvalue weighted by molar-refractivity contribution is 7.89. The minimum absolute atomic E-state index is 0.317. The van der Waals surface area contributed by atoms with Crippen LogP contribution < -0.4 is 4.90 Å². The standard InChI is InChI=1S/C20H23ClN4O3S2/c1-4-19-22-20(23-28-19)17-12-18(14(3)29-17)30(26,27)25-9-7-24(8-10-25)16-11-15(21)6-5-13(16)2/h5-6,11-12H,4,7-10H2,1-3H3. The summed E-state index contributed by atoms with van der Waals surface area (Å²) in [5.74, 6) is 0.968. The first-order chi connectivity index (χ1) is 14.3. The van der Waals surface area contributed by atoms with Crippen LogP contribution in [0.5, 0.6) is 0 Å². The number of rotatable bonds is 5. The largest absolute Gasteiger partial charge is 0.369 e. The molecular formula is C20H23ClN4O3S2. The number of hydrogen-bond acceptors (Lipinski definition) is 7. The van der Waals surface area contributed by atoms with Gasteiger partial charge in [0.25, 0.3) is 0 Å². The molecule has 0 amide bonds. The molecule has 160 valence electrons. The molecule has 1 aliphatic rings. The number of halogens is 1. The number of hydrogen-bond donors (Lipinski definition) is 0. The van der Waals surface area contributed by atoms with E-state index in [1.807, 2.05) is 39.0 Å². The van der Waals surface area contributed by atoms with Crippen molar-refractivity contribution in [2.45, 2.75) is 32.1 Å². The van der Waals surface area contributed by atoms with E-state index in [1.165, 1.54) is 11.3 Å². The van der Waals surface area contributed by atoms with Crippen molar-refractivity contribution >= 4 is 38.6 Å². The third-order valence-electron chi connectivity index (χ3n) is 5.23. The molecule has 1 fully saturated rings. The van der Waals surface area contributed by atoms with E-state index >= 15 is 0 Å². The van der Waals surface area contributed by atoms with Gasteiger partial charge in [0.15, 0.2) is 0 Å². The number of aromatic nitrogens is 2. The number of thiophene rings is 1. The van der Waals surface area contributed by atoms with Gasteiger partial charge in [-0.15, -0.1) is 11.3 Å². The summed E-state index contributed by atoms with van der Waals surface area (Å²) in [5, 5.41) is 4.64. The fourth-order valence-corrected chi connectivity index (χ4v) is 6.64. The van der Waals surface area contributed by atoms with Crippen molar-refractivity contribution in [1.29, 1.82) is 0 Å². The quantitative estimate of drug-likeness (QED) is 0.562. The SMILES string of the molecule is CCc1nc(-c2cc(S(=O)(=O)N3CCN(c4cc(Cl)ccc4C)CC3)c(C)s2)no1. The van der Waals surface area contributed by atoms with E-state index in [1.54, 1.807) is 10.4 Å². The van der Waals surface area contributed by atoms with Gasteiger partial charge < -0.3 is 9.42 Å². The molecule has 1 aromatic carbocycles. The Balaban J connectivity index is 1.53. The van der Waals surface area contributed by atoms with Crippen LogP contribution in [0.15, 0.2) is 33.7 Å². The summed E-state index contributed by atoms with van der Waals surface area (Å²) in [6.45, 7) is 7.84. The van der Waals surface area contributed by atoms with Crippen LogP contribution >= 0.6 is 22.9 Å². The number of piperazine rings is 1. The lowest BCUT2D eigenvalue weighted by atomic mass is 10.1. The molecule has 4 rings (SSSR count). The van der Waals surface area contributed by atoms with Crippen LogP contribution in [0.1, 0.15) is 23.3 Å². The first-order valence-corrected chi connectivity index (χ1v) is 12.4. The number of benzene rings is 1. The Hall–Kier alpha value is -1.94. The molecule has 0 atom stereocenters. The zero-order valence-electron chi connectivity index (χ0n) is 17.1. The number of anilines is 1. The van der Waals surface area contributed by atoms with Gasteiger partial charge in [0.2, 0.25) is 21.7 Å². The van der Waals surface area contributed by atoms with E-state index in [-0.39, 0.29) is 0 Å². The minimum atomic E-state index is -3.60. The van der Waals surface area contributed by atoms with Crippen molar-refractivity contribution in [2.24, 2.45) is 0 Å². The summed E-state index contributed by atoms with van der Waals surface area (Å²) in [7, 11) is -3.60. The molecular weight excluding hydrogens is 444 g/mol. The summed E-state index contributed by atoms with van der Waals surface area (Å²) in [6.07, 6.45) is 0.638. The third-order valence-corrected chi connectivity index (χ3v) is 8.67. The predicted octanol–water partition coefficient (Wildman–Crippen LogP) is 4.14. The molecule has 0 spiro atoms. The van der Waals surface area contributed by atoms with Gasteiger partial charge in [0.05, 0.1) is 9.77 Å². The molecule has 0 bridgehead atoms. The Labute approximate surface area is 185 Å². The molecule has 30 heavy (non-hydrogen) atoms. The number of aryl methyl sites for hydroxylation is 3. The van der Waals surface area contributed by atoms with Crippen molar-refractivity contribution in [3.63, 3.8) is 0 Å². The number of sulfonamides is 1. The zero-order valence-corrected chi connectivity index (χ0v) is 19.4. The Bertz CT molecular complexity index is 1160. The minimum Gasteiger partial charge on any atom is -0.369 e. The molecule has 0 N–H and O–H groups in total. The van der Waals surface area contributed by atoms with Crippen molar-refractivity contribution in [3.05, 3.63) is 45.6 Å². The van der Waals surface area contributed by atoms with Crippen LogP contribution in [0.25, 0.3) is 10.7 Å². The van der Waals surface area contributed by atoms with Gasteiger partial charge in [-0.2, -0.15) is 9.29 Å². The fourth-order valence-electron chi connectivity index (χ4n) is 3.56. The van der Waals surface area contributed by atoms with Crippen molar-refractivity contribution in [3.8, 4) is 10.7 Å². The van der Waals surface area contributed by atoms with E-state index < -0.39 is 10.0 Å². The van der Waals surface area contributed by atoms with Crippen LogP contribution in [0.3, 0.4) is 0 Å². The lowest BCUT2D eigenvalue weighted by Gasteiger charge is -2.36. The molecule has 3 aromatic rings. The van der Waals surface area contributed by atoms with E-state index in [0.717, 1.165) is 16.1 Å². The van der Waals surface area contributed by atoms with Gasteiger partial charge in [-0.05, 0) is 37.6 Å². The van der Waals surface area contributed by atoms with Crippen LogP contribution in [-0.4, -0.2) is 49.0 Å². The molecule has 0 radical (unpaired) electrons. The van der Waals surface area contributed by atoms with Gasteiger partial charge in [-0.25, -0.2) is 8.42 Å². The van der Waals surface area contributed by atoms with Crippen molar-refractivity contribution < 1.29 is 12.9 Å². The predicted molar refractivity (Wildman–Crippen MR) is 119 cm³/mol. The van der Waals surface area contributed by atoms with Gasteiger partial charge in [0.1, 0.15) is 0 Å². The average molecular weight is 467 g/mol. The summed E-state index contributed by atoms with van der Waals surface area (Å²) in [5.41, 5.74) is 2.18. The van der Waals surface area contributed by atoms with Crippen LogP contribution in [0.4, 0.5) is 5.69 Å². The van der Waals surface area contributed by atoms with Gasteiger partial charge in [-0.1, -0.05) is 29.7 Å². The second kappa shape index (κ2) is 8.30. The second-order valence-corrected chi connectivity index (χ2v) is 10.8. The van der Waals surface area contributed by atoms with Crippen LogP contribution in [0, 0.1) is 13.8 Å². The Morgan fingerprint density at radius 3 is 2.57 bits per heavy atom. The monoisotopic (exact) mass is 466 g/mol. The highest BCUT2D eigenvalue weighted by atomic mass is 35.5. The van der Waals surface area contributed by atoms with E-state index in [4.69, 9.17) is 16.1 Å². The molecule has 1 saturated heterocycles. The summed E-state index contributed by atoms with van der Waals surface area (Å²) in [6, 6.07) is 7.45. The molecule has 1 aliphatic heterocycles. The Morgan fingerprint density at radius 1 is 1.17 bits per heavy atom. The van der Waals surface area contributed by atoms with Crippen LogP contribution in [-0.2, 0) is 16.4 Å². The molecule has 2 aromatic heterocycles. The molecule has 0 aliphatic carbocycles. The molecule has 0 unspecified atom stereocenters. The zero-order chi connectivity index (χ0) is 21.5. The summed E-state index contributed by atoms with van der Waals surface area (Å²) in [4.78, 5) is 8.24. The maximum atomic E-state index is 13.3. The molecule has 3 heterocycles. The molecule has 10 heteroatoms. The van der Waals surface area contributed by atoms with Crippen molar-refractivity contribution in [2.75, 3.05) is 31.1 Å². The highest BCUT2D eigenvalue weighted by Crippen LogP contribution is 2.34. The lowest BCUT2D eigenvalue weighted by molar-refractivity contribution is 0.382. The maximum absolute atomic E-state index is 13.3. The smallest absolute Gasteiger partial charge is 0.244 e. The third kappa shape index (κ3) is 3.99. The summed E-state index contributed by atoms with van der Waals surface area (Å²) >= 11 is 7.52. The first-order valence-electron chi connectivity index (χ1n) is 9.74. The van der Waals surface area contributed by atoms with E-state index in [0.29, 0.717) is 59.1 Å². The first kappa shape index (κ1) is 21.3. The Kier molecular flexibility index (Phi) is 5.89. The second-order valence-electron chi connectivity index (χ2n) is 7.22. The summed E-state index contributed by atoms with van der Waals surface area (Å²) < 4.78 is 33.3. The van der Waals surface area contributed by atoms with Gasteiger partial charge >= 0.3 is 0 Å². The van der Waals surface area contributed by atoms with E-state index in [2.05, 4.69) is 15.0 Å². The fraction of sp³-hybridized carbons (Fsp3) is 0.400. The number of nitrogens with zero attached hydrogens (tertiary/aromatic N) is 4. The maximum Gasteiger partial charge on any atom is 0.244 e. The molecule has 7 nitrogen and oxygen atoms in total.